The van der Waals surface area contributed by atoms with Gasteiger partial charge in [-0.3, -0.25) is 4.21 Å². The molecule has 1 aromatic rings. The summed E-state index contributed by atoms with van der Waals surface area (Å²) in [6, 6.07) is 9.89. The van der Waals surface area contributed by atoms with Crippen LogP contribution in [-0.4, -0.2) is 32.8 Å². The molecule has 0 aromatic heterocycles. The summed E-state index contributed by atoms with van der Waals surface area (Å²) in [6.07, 6.45) is 0.851. The van der Waals surface area contributed by atoms with Crippen molar-refractivity contribution < 1.29 is 8.95 Å². The number of hydrogen-bond donors (Lipinski definition) is 0. The molecular formula is C16H23NO2S. The molecule has 0 bridgehead atoms. The maximum absolute atomic E-state index is 12.6. The molecule has 3 atom stereocenters. The molecule has 0 fully saturated rings. The Morgan fingerprint density at radius 2 is 2.00 bits per heavy atom. The van der Waals surface area contributed by atoms with Crippen LogP contribution in [0.3, 0.4) is 0 Å². The molecule has 0 radical (unpaired) electrons. The van der Waals surface area contributed by atoms with Crippen molar-refractivity contribution in [2.75, 3.05) is 6.61 Å². The Kier molecular flexibility index (Phi) is 4.63. The standard InChI is InChI=1S/C16H23NO2S/c1-5-14(20(18)16(2,3)4)13-11-19-15(17-13)12-9-7-6-8-10-12/h6-10,13-14H,5,11H2,1-4H3/t13-,14-,20?/m1/s1. The lowest BCUT2D eigenvalue weighted by Gasteiger charge is -2.26. The summed E-state index contributed by atoms with van der Waals surface area (Å²) in [5, 5.41) is 0.0520. The Hall–Kier alpha value is -1.16. The van der Waals surface area contributed by atoms with Crippen molar-refractivity contribution in [3.8, 4) is 0 Å². The van der Waals surface area contributed by atoms with E-state index in [0.29, 0.717) is 12.5 Å². The molecule has 0 amide bonds. The average molecular weight is 293 g/mol. The summed E-state index contributed by atoms with van der Waals surface area (Å²) in [5.74, 6) is 0.681. The zero-order chi connectivity index (χ0) is 14.8. The van der Waals surface area contributed by atoms with Crippen LogP contribution >= 0.6 is 0 Å². The molecule has 4 heteroatoms. The van der Waals surface area contributed by atoms with E-state index in [4.69, 9.17) is 4.74 Å². The second-order valence-corrected chi connectivity index (χ2v) is 8.46. The molecule has 110 valence electrons. The van der Waals surface area contributed by atoms with Gasteiger partial charge in [-0.05, 0) is 39.3 Å². The van der Waals surface area contributed by atoms with Crippen molar-refractivity contribution in [3.05, 3.63) is 35.9 Å². The first-order valence-electron chi connectivity index (χ1n) is 7.10. The third-order valence-electron chi connectivity index (χ3n) is 3.40. The monoisotopic (exact) mass is 293 g/mol. The summed E-state index contributed by atoms with van der Waals surface area (Å²) < 4.78 is 18.1. The van der Waals surface area contributed by atoms with E-state index in [1.807, 2.05) is 51.1 Å². The molecule has 20 heavy (non-hydrogen) atoms. The number of nitrogens with zero attached hydrogens (tertiary/aromatic N) is 1. The highest BCUT2D eigenvalue weighted by atomic mass is 32.2. The Labute approximate surface area is 123 Å². The highest BCUT2D eigenvalue weighted by Gasteiger charge is 2.35. The topological polar surface area (TPSA) is 38.7 Å². The van der Waals surface area contributed by atoms with Crippen molar-refractivity contribution in [1.29, 1.82) is 0 Å². The SMILES string of the molecule is CC[C@H]([C@H]1COC(c2ccccc2)=N1)S(=O)C(C)(C)C. The zero-order valence-electron chi connectivity index (χ0n) is 12.6. The highest BCUT2D eigenvalue weighted by molar-refractivity contribution is 7.87. The summed E-state index contributed by atoms with van der Waals surface area (Å²) in [5.41, 5.74) is 0.992. The van der Waals surface area contributed by atoms with Crippen LogP contribution < -0.4 is 0 Å². The van der Waals surface area contributed by atoms with E-state index < -0.39 is 10.8 Å². The number of rotatable bonds is 4. The van der Waals surface area contributed by atoms with Crippen molar-refractivity contribution in [2.45, 2.75) is 50.2 Å². The first-order chi connectivity index (χ1) is 9.43. The van der Waals surface area contributed by atoms with Crippen LogP contribution in [0.2, 0.25) is 0 Å². The molecular weight excluding hydrogens is 270 g/mol. The van der Waals surface area contributed by atoms with Crippen molar-refractivity contribution >= 4 is 16.7 Å². The van der Waals surface area contributed by atoms with Crippen LogP contribution in [-0.2, 0) is 15.5 Å². The number of aliphatic imine (C=N–C) groups is 1. The molecule has 0 saturated carbocycles. The zero-order valence-corrected chi connectivity index (χ0v) is 13.4. The fraction of sp³-hybridized carbons (Fsp3) is 0.562. The lowest BCUT2D eigenvalue weighted by molar-refractivity contribution is 0.312. The molecule has 1 aliphatic heterocycles. The van der Waals surface area contributed by atoms with Gasteiger partial charge < -0.3 is 4.74 Å². The summed E-state index contributed by atoms with van der Waals surface area (Å²) >= 11 is 0. The van der Waals surface area contributed by atoms with E-state index in [1.54, 1.807) is 0 Å². The molecule has 0 aliphatic carbocycles. The van der Waals surface area contributed by atoms with E-state index in [0.717, 1.165) is 12.0 Å². The van der Waals surface area contributed by atoms with Gasteiger partial charge in [-0.2, -0.15) is 0 Å². The number of ether oxygens (including phenoxy) is 1. The highest BCUT2D eigenvalue weighted by Crippen LogP contribution is 2.25. The minimum absolute atomic E-state index is 0.00438. The first-order valence-corrected chi connectivity index (χ1v) is 8.31. The maximum atomic E-state index is 12.6. The number of hydrogen-bond acceptors (Lipinski definition) is 3. The first kappa shape index (κ1) is 15.2. The maximum Gasteiger partial charge on any atom is 0.216 e. The van der Waals surface area contributed by atoms with Gasteiger partial charge in [-0.15, -0.1) is 0 Å². The van der Waals surface area contributed by atoms with E-state index in [-0.39, 0.29) is 16.0 Å². The lowest BCUT2D eigenvalue weighted by Crippen LogP contribution is -2.38. The molecule has 0 saturated heterocycles. The Morgan fingerprint density at radius 1 is 1.35 bits per heavy atom. The normalized spacial score (nSPS) is 22.0. The Morgan fingerprint density at radius 3 is 2.55 bits per heavy atom. The summed E-state index contributed by atoms with van der Waals surface area (Å²) in [7, 11) is -0.923. The summed E-state index contributed by atoms with van der Waals surface area (Å²) in [6.45, 7) is 8.66. The van der Waals surface area contributed by atoms with Gasteiger partial charge in [-0.25, -0.2) is 4.99 Å². The molecule has 1 aliphatic rings. The predicted octanol–water partition coefficient (Wildman–Crippen LogP) is 3.16. The average Bonchev–Trinajstić information content (AvgIpc) is 2.89. The minimum Gasteiger partial charge on any atom is -0.475 e. The van der Waals surface area contributed by atoms with Gasteiger partial charge >= 0.3 is 0 Å². The van der Waals surface area contributed by atoms with Gasteiger partial charge in [0.1, 0.15) is 12.6 Å². The van der Waals surface area contributed by atoms with Crippen LogP contribution in [0, 0.1) is 0 Å². The fourth-order valence-electron chi connectivity index (χ4n) is 2.34. The molecule has 1 heterocycles. The Balaban J connectivity index is 2.18. The van der Waals surface area contributed by atoms with Crippen LogP contribution in [0.1, 0.15) is 39.7 Å². The van der Waals surface area contributed by atoms with Gasteiger partial charge in [0.05, 0.1) is 5.25 Å². The van der Waals surface area contributed by atoms with Crippen LogP contribution in [0.25, 0.3) is 0 Å². The van der Waals surface area contributed by atoms with E-state index in [1.165, 1.54) is 0 Å². The van der Waals surface area contributed by atoms with E-state index in [9.17, 15) is 4.21 Å². The predicted molar refractivity (Wildman–Crippen MR) is 84.7 cm³/mol. The summed E-state index contributed by atoms with van der Waals surface area (Å²) in [4.78, 5) is 4.67. The molecule has 1 aromatic carbocycles. The quantitative estimate of drug-likeness (QED) is 0.855. The van der Waals surface area contributed by atoms with Gasteiger partial charge in [0.2, 0.25) is 5.90 Å². The third-order valence-corrected chi connectivity index (χ3v) is 5.81. The third kappa shape index (κ3) is 3.29. The molecule has 0 spiro atoms. The van der Waals surface area contributed by atoms with Crippen molar-refractivity contribution in [1.82, 2.24) is 0 Å². The van der Waals surface area contributed by atoms with Crippen LogP contribution in [0.4, 0.5) is 0 Å². The van der Waals surface area contributed by atoms with Crippen molar-refractivity contribution in [2.24, 2.45) is 4.99 Å². The molecule has 3 nitrogen and oxygen atoms in total. The molecule has 2 rings (SSSR count). The van der Waals surface area contributed by atoms with Crippen LogP contribution in [0.5, 0.6) is 0 Å². The lowest BCUT2D eigenvalue weighted by atomic mass is 10.2. The number of benzene rings is 1. The Bertz CT molecular complexity index is 505. The second-order valence-electron chi connectivity index (χ2n) is 6.04. The minimum atomic E-state index is -0.923. The molecule has 0 N–H and O–H groups in total. The smallest absolute Gasteiger partial charge is 0.216 e. The molecule has 1 unspecified atom stereocenters. The van der Waals surface area contributed by atoms with Gasteiger partial charge in [0.15, 0.2) is 0 Å². The van der Waals surface area contributed by atoms with Crippen molar-refractivity contribution in [3.63, 3.8) is 0 Å². The van der Waals surface area contributed by atoms with Gasteiger partial charge in [0, 0.05) is 21.1 Å². The van der Waals surface area contributed by atoms with Gasteiger partial charge in [0.25, 0.3) is 0 Å². The van der Waals surface area contributed by atoms with E-state index >= 15 is 0 Å². The second kappa shape index (κ2) is 6.08. The largest absolute Gasteiger partial charge is 0.475 e. The van der Waals surface area contributed by atoms with Crippen LogP contribution in [0.15, 0.2) is 35.3 Å². The van der Waals surface area contributed by atoms with Gasteiger partial charge in [-0.1, -0.05) is 25.1 Å². The van der Waals surface area contributed by atoms with E-state index in [2.05, 4.69) is 11.9 Å². The fourth-order valence-corrected chi connectivity index (χ4v) is 3.97.